The molecule has 0 aliphatic carbocycles. The predicted molar refractivity (Wildman–Crippen MR) is 87.6 cm³/mol. The number of halogens is 2. The zero-order valence-corrected chi connectivity index (χ0v) is 13.6. The van der Waals surface area contributed by atoms with Crippen LogP contribution in [0.25, 0.3) is 5.69 Å². The van der Waals surface area contributed by atoms with Crippen LogP contribution in [0.3, 0.4) is 0 Å². The zero-order valence-electron chi connectivity index (χ0n) is 12.7. The van der Waals surface area contributed by atoms with E-state index in [2.05, 4.69) is 10.4 Å². The van der Waals surface area contributed by atoms with Crippen LogP contribution in [0.1, 0.15) is 24.3 Å². The molecular formula is C15H18ClFN4O2. The maximum absolute atomic E-state index is 13.0. The first-order chi connectivity index (χ1) is 10.3. The quantitative estimate of drug-likeness (QED) is 0.876. The summed E-state index contributed by atoms with van der Waals surface area (Å²) in [5, 5.41) is 6.75. The van der Waals surface area contributed by atoms with Gasteiger partial charge in [0, 0.05) is 18.2 Å². The molecule has 0 atom stereocenters. The van der Waals surface area contributed by atoms with E-state index < -0.39 is 22.8 Å². The van der Waals surface area contributed by atoms with E-state index in [1.807, 2.05) is 0 Å². The van der Waals surface area contributed by atoms with Crippen molar-refractivity contribution in [2.75, 3.05) is 6.54 Å². The van der Waals surface area contributed by atoms with E-state index in [4.69, 9.17) is 5.73 Å². The summed E-state index contributed by atoms with van der Waals surface area (Å²) in [5.41, 5.74) is 5.01. The van der Waals surface area contributed by atoms with E-state index in [-0.39, 0.29) is 24.6 Å². The molecule has 8 heteroatoms. The molecule has 0 aliphatic heterocycles. The van der Waals surface area contributed by atoms with Gasteiger partial charge in [-0.15, -0.1) is 12.4 Å². The first-order valence-electron chi connectivity index (χ1n) is 6.71. The third-order valence-corrected chi connectivity index (χ3v) is 3.07. The number of carbonyl (C=O) groups excluding carboxylic acids is 1. The summed E-state index contributed by atoms with van der Waals surface area (Å²) in [6.45, 7) is 3.82. The van der Waals surface area contributed by atoms with Crippen molar-refractivity contribution >= 4 is 18.3 Å². The van der Waals surface area contributed by atoms with Gasteiger partial charge < -0.3 is 11.1 Å². The highest BCUT2D eigenvalue weighted by Crippen LogP contribution is 2.07. The maximum Gasteiger partial charge on any atom is 0.272 e. The lowest BCUT2D eigenvalue weighted by molar-refractivity contribution is 0.0908. The number of rotatable bonds is 4. The molecule has 3 N–H and O–H groups in total. The highest BCUT2D eigenvalue weighted by molar-refractivity contribution is 5.92. The Morgan fingerprint density at radius 3 is 2.43 bits per heavy atom. The van der Waals surface area contributed by atoms with Crippen molar-refractivity contribution in [3.63, 3.8) is 0 Å². The van der Waals surface area contributed by atoms with Gasteiger partial charge in [0.2, 0.25) is 0 Å². The van der Waals surface area contributed by atoms with Crippen LogP contribution in [0.15, 0.2) is 41.2 Å². The van der Waals surface area contributed by atoms with Crippen molar-refractivity contribution in [1.82, 2.24) is 15.1 Å². The Morgan fingerprint density at radius 1 is 1.26 bits per heavy atom. The lowest BCUT2D eigenvalue weighted by atomic mass is 10.1. The van der Waals surface area contributed by atoms with Crippen LogP contribution in [0.5, 0.6) is 0 Å². The molecule has 6 nitrogen and oxygen atoms in total. The third kappa shape index (κ3) is 4.61. The summed E-state index contributed by atoms with van der Waals surface area (Å²) in [6.07, 6.45) is 0. The molecule has 0 fully saturated rings. The normalized spacial score (nSPS) is 10.8. The predicted octanol–water partition coefficient (Wildman–Crippen LogP) is 1.26. The number of nitrogens with two attached hydrogens (primary N) is 1. The number of nitrogens with zero attached hydrogens (tertiary/aromatic N) is 2. The molecule has 1 amide bonds. The Kier molecular flexibility index (Phi) is 6.00. The van der Waals surface area contributed by atoms with Gasteiger partial charge in [-0.2, -0.15) is 9.78 Å². The van der Waals surface area contributed by atoms with Crippen LogP contribution in [-0.4, -0.2) is 27.8 Å². The fraction of sp³-hybridized carbons (Fsp3) is 0.267. The summed E-state index contributed by atoms with van der Waals surface area (Å²) in [5.74, 6) is -0.860. The Labute approximate surface area is 138 Å². The van der Waals surface area contributed by atoms with Crippen molar-refractivity contribution in [2.24, 2.45) is 5.73 Å². The second-order valence-corrected chi connectivity index (χ2v) is 5.49. The molecule has 0 radical (unpaired) electrons. The standard InChI is InChI=1S/C15H17FN4O2.ClH/c1-15(2,9-17)18-14(22)12-7-8-13(21)20(19-12)11-5-3-10(16)4-6-11;/h3-8H,9,17H2,1-2H3,(H,18,22);1H. The lowest BCUT2D eigenvalue weighted by Crippen LogP contribution is -2.49. The first kappa shape index (κ1) is 18.8. The smallest absolute Gasteiger partial charge is 0.272 e. The van der Waals surface area contributed by atoms with E-state index in [9.17, 15) is 14.0 Å². The molecule has 0 bridgehead atoms. The zero-order chi connectivity index (χ0) is 16.3. The molecule has 0 spiro atoms. The second-order valence-electron chi connectivity index (χ2n) is 5.49. The summed E-state index contributed by atoms with van der Waals surface area (Å²) in [4.78, 5) is 24.0. The van der Waals surface area contributed by atoms with Crippen molar-refractivity contribution in [1.29, 1.82) is 0 Å². The van der Waals surface area contributed by atoms with Crippen molar-refractivity contribution in [3.05, 3.63) is 58.3 Å². The first-order valence-corrected chi connectivity index (χ1v) is 6.71. The molecule has 1 aromatic heterocycles. The number of benzene rings is 1. The van der Waals surface area contributed by atoms with Crippen LogP contribution in [0.2, 0.25) is 0 Å². The van der Waals surface area contributed by atoms with Crippen LogP contribution < -0.4 is 16.6 Å². The third-order valence-electron chi connectivity index (χ3n) is 3.07. The van der Waals surface area contributed by atoms with Crippen molar-refractivity contribution in [2.45, 2.75) is 19.4 Å². The number of aromatic nitrogens is 2. The number of nitrogens with one attached hydrogen (secondary N) is 1. The van der Waals surface area contributed by atoms with E-state index in [1.165, 1.54) is 36.4 Å². The van der Waals surface area contributed by atoms with Gasteiger partial charge >= 0.3 is 0 Å². The Hall–Kier alpha value is -2.25. The van der Waals surface area contributed by atoms with E-state index in [1.54, 1.807) is 13.8 Å². The lowest BCUT2D eigenvalue weighted by Gasteiger charge is -2.23. The van der Waals surface area contributed by atoms with Crippen LogP contribution in [0, 0.1) is 5.82 Å². The van der Waals surface area contributed by atoms with Gasteiger partial charge in [0.05, 0.1) is 5.69 Å². The number of hydrogen-bond donors (Lipinski definition) is 2. The number of carbonyl (C=O) groups is 1. The molecular weight excluding hydrogens is 323 g/mol. The summed E-state index contributed by atoms with van der Waals surface area (Å²) in [7, 11) is 0. The van der Waals surface area contributed by atoms with Gasteiger partial charge in [0.15, 0.2) is 0 Å². The Bertz CT molecular complexity index is 744. The van der Waals surface area contributed by atoms with Gasteiger partial charge in [-0.05, 0) is 44.2 Å². The largest absolute Gasteiger partial charge is 0.344 e. The molecule has 124 valence electrons. The second kappa shape index (κ2) is 7.34. The van der Waals surface area contributed by atoms with Crippen LogP contribution in [0.4, 0.5) is 4.39 Å². The molecule has 0 unspecified atom stereocenters. The summed E-state index contributed by atoms with van der Waals surface area (Å²) < 4.78 is 14.0. The fourth-order valence-corrected chi connectivity index (χ4v) is 1.72. The van der Waals surface area contributed by atoms with Gasteiger partial charge in [-0.1, -0.05) is 0 Å². The molecule has 1 aromatic carbocycles. The van der Waals surface area contributed by atoms with Gasteiger partial charge in [-0.3, -0.25) is 9.59 Å². The maximum atomic E-state index is 13.0. The van der Waals surface area contributed by atoms with E-state index >= 15 is 0 Å². The van der Waals surface area contributed by atoms with Crippen molar-refractivity contribution in [3.8, 4) is 5.69 Å². The molecule has 0 saturated carbocycles. The van der Waals surface area contributed by atoms with E-state index in [0.717, 1.165) is 4.68 Å². The SMILES string of the molecule is CC(C)(CN)NC(=O)c1ccc(=O)n(-c2ccc(F)cc2)n1.Cl. The summed E-state index contributed by atoms with van der Waals surface area (Å²) in [6, 6.07) is 7.83. The van der Waals surface area contributed by atoms with E-state index in [0.29, 0.717) is 5.69 Å². The van der Waals surface area contributed by atoms with Gasteiger partial charge in [0.25, 0.3) is 11.5 Å². The molecule has 0 aliphatic rings. The minimum atomic E-state index is -0.588. The average molecular weight is 341 g/mol. The highest BCUT2D eigenvalue weighted by atomic mass is 35.5. The fourth-order valence-electron chi connectivity index (χ4n) is 1.72. The van der Waals surface area contributed by atoms with Gasteiger partial charge in [0.1, 0.15) is 11.5 Å². The molecule has 23 heavy (non-hydrogen) atoms. The minimum absolute atomic E-state index is 0. The Balaban J connectivity index is 0.00000264. The topological polar surface area (TPSA) is 90.0 Å². The summed E-state index contributed by atoms with van der Waals surface area (Å²) >= 11 is 0. The van der Waals surface area contributed by atoms with Crippen LogP contribution >= 0.6 is 12.4 Å². The Morgan fingerprint density at radius 2 is 1.87 bits per heavy atom. The van der Waals surface area contributed by atoms with Gasteiger partial charge in [-0.25, -0.2) is 4.39 Å². The number of hydrogen-bond acceptors (Lipinski definition) is 4. The minimum Gasteiger partial charge on any atom is -0.344 e. The molecule has 1 heterocycles. The monoisotopic (exact) mass is 340 g/mol. The number of amides is 1. The molecule has 2 aromatic rings. The highest BCUT2D eigenvalue weighted by Gasteiger charge is 2.20. The molecule has 2 rings (SSSR count). The van der Waals surface area contributed by atoms with Crippen molar-refractivity contribution < 1.29 is 9.18 Å². The molecule has 0 saturated heterocycles. The average Bonchev–Trinajstić information content (AvgIpc) is 2.48. The van der Waals surface area contributed by atoms with Crippen LogP contribution in [-0.2, 0) is 0 Å².